The van der Waals surface area contributed by atoms with E-state index in [0.29, 0.717) is 17.8 Å². The number of carboxylic acids is 1. The van der Waals surface area contributed by atoms with E-state index in [4.69, 9.17) is 5.11 Å². The normalized spacial score (nSPS) is 10.6. The van der Waals surface area contributed by atoms with Gasteiger partial charge >= 0.3 is 5.97 Å². The first kappa shape index (κ1) is 12.3. The summed E-state index contributed by atoms with van der Waals surface area (Å²) in [6, 6.07) is 4.78. The number of carbonyl (C=O) groups is 1. The maximum absolute atomic E-state index is 13.1. The third kappa shape index (κ3) is 2.74. The number of aryl methyl sites for hydroxylation is 2. The summed E-state index contributed by atoms with van der Waals surface area (Å²) >= 11 is 0. The molecule has 0 bridgehead atoms. The molecule has 0 radical (unpaired) electrons. The van der Waals surface area contributed by atoms with Gasteiger partial charge in [0.1, 0.15) is 5.82 Å². The lowest BCUT2D eigenvalue weighted by Crippen LogP contribution is -2.02. The zero-order chi connectivity index (χ0) is 13.1. The van der Waals surface area contributed by atoms with E-state index in [9.17, 15) is 9.18 Å². The predicted molar refractivity (Wildman–Crippen MR) is 64.6 cm³/mol. The van der Waals surface area contributed by atoms with Gasteiger partial charge in [-0.2, -0.15) is 0 Å². The fraction of sp³-hybridized carbons (Fsp3) is 0.231. The predicted octanol–water partition coefficient (Wildman–Crippen LogP) is 2.47. The number of rotatable bonds is 4. The van der Waals surface area contributed by atoms with Crippen molar-refractivity contribution in [3.05, 3.63) is 42.1 Å². The lowest BCUT2D eigenvalue weighted by molar-refractivity contribution is -0.137. The molecule has 18 heavy (non-hydrogen) atoms. The molecule has 0 aliphatic heterocycles. The van der Waals surface area contributed by atoms with Gasteiger partial charge in [-0.05, 0) is 30.7 Å². The number of nitrogens with zero attached hydrogens (tertiary/aromatic N) is 2. The fourth-order valence-corrected chi connectivity index (χ4v) is 1.66. The largest absolute Gasteiger partial charge is 0.481 e. The second kappa shape index (κ2) is 5.00. The summed E-state index contributed by atoms with van der Waals surface area (Å²) in [5, 5.41) is 8.59. The smallest absolute Gasteiger partial charge is 0.305 e. The lowest BCUT2D eigenvalue weighted by atomic mass is 10.1. The molecule has 0 aliphatic rings. The van der Waals surface area contributed by atoms with Crippen LogP contribution in [0.5, 0.6) is 0 Å². The lowest BCUT2D eigenvalue weighted by Gasteiger charge is -2.00. The Bertz CT molecular complexity index is 578. The number of imidazole rings is 1. The van der Waals surface area contributed by atoms with Gasteiger partial charge in [0.15, 0.2) is 0 Å². The van der Waals surface area contributed by atoms with E-state index in [2.05, 4.69) is 4.98 Å². The standard InChI is InChI=1S/C13H13FN2O2/c1-9-6-10(2-3-11(9)14)12-7-16(8-15-12)5-4-13(17)18/h2-3,6-8H,4-5H2,1H3,(H,17,18). The van der Waals surface area contributed by atoms with Crippen LogP contribution in [0.1, 0.15) is 12.0 Å². The molecule has 0 fully saturated rings. The number of aliphatic carboxylic acids is 1. The van der Waals surface area contributed by atoms with Crippen LogP contribution in [-0.4, -0.2) is 20.6 Å². The van der Waals surface area contributed by atoms with Gasteiger partial charge < -0.3 is 9.67 Å². The number of hydrogen-bond acceptors (Lipinski definition) is 2. The number of aromatic nitrogens is 2. The molecule has 94 valence electrons. The summed E-state index contributed by atoms with van der Waals surface area (Å²) in [7, 11) is 0. The topological polar surface area (TPSA) is 55.1 Å². The molecule has 5 heteroatoms. The molecule has 0 spiro atoms. The van der Waals surface area contributed by atoms with E-state index in [-0.39, 0.29) is 12.2 Å². The van der Waals surface area contributed by atoms with E-state index < -0.39 is 5.97 Å². The minimum absolute atomic E-state index is 0.0538. The molecule has 1 aromatic heterocycles. The summed E-state index contributed by atoms with van der Waals surface area (Å²) < 4.78 is 14.8. The van der Waals surface area contributed by atoms with Crippen LogP contribution in [0.2, 0.25) is 0 Å². The van der Waals surface area contributed by atoms with Crippen molar-refractivity contribution in [2.75, 3.05) is 0 Å². The van der Waals surface area contributed by atoms with Crippen molar-refractivity contribution in [2.24, 2.45) is 0 Å². The van der Waals surface area contributed by atoms with E-state index in [1.807, 2.05) is 0 Å². The Morgan fingerprint density at radius 1 is 1.50 bits per heavy atom. The summed E-state index contributed by atoms with van der Waals surface area (Å²) in [4.78, 5) is 14.6. The Hall–Kier alpha value is -2.17. The molecule has 4 nitrogen and oxygen atoms in total. The summed E-state index contributed by atoms with van der Waals surface area (Å²) in [5.41, 5.74) is 2.10. The first-order chi connectivity index (χ1) is 8.56. The van der Waals surface area contributed by atoms with Crippen LogP contribution >= 0.6 is 0 Å². The highest BCUT2D eigenvalue weighted by molar-refractivity contribution is 5.66. The Balaban J connectivity index is 2.18. The number of benzene rings is 1. The zero-order valence-electron chi connectivity index (χ0n) is 9.93. The van der Waals surface area contributed by atoms with Crippen LogP contribution in [0.4, 0.5) is 4.39 Å². The second-order valence-corrected chi connectivity index (χ2v) is 4.10. The Labute approximate surface area is 104 Å². The van der Waals surface area contributed by atoms with Gasteiger partial charge in [-0.25, -0.2) is 9.37 Å². The summed E-state index contributed by atoms with van der Waals surface area (Å²) in [6.07, 6.45) is 3.39. The maximum atomic E-state index is 13.1. The Morgan fingerprint density at radius 2 is 2.28 bits per heavy atom. The first-order valence-electron chi connectivity index (χ1n) is 5.56. The third-order valence-electron chi connectivity index (χ3n) is 2.67. The van der Waals surface area contributed by atoms with Crippen molar-refractivity contribution >= 4 is 5.97 Å². The third-order valence-corrected chi connectivity index (χ3v) is 2.67. The van der Waals surface area contributed by atoms with Crippen molar-refractivity contribution in [2.45, 2.75) is 19.9 Å². The van der Waals surface area contributed by atoms with E-state index >= 15 is 0 Å². The van der Waals surface area contributed by atoms with E-state index in [1.165, 1.54) is 6.07 Å². The van der Waals surface area contributed by atoms with Crippen molar-refractivity contribution in [3.8, 4) is 11.3 Å². The van der Waals surface area contributed by atoms with Crippen molar-refractivity contribution in [1.29, 1.82) is 0 Å². The highest BCUT2D eigenvalue weighted by atomic mass is 19.1. The van der Waals surface area contributed by atoms with Gasteiger partial charge in [-0.3, -0.25) is 4.79 Å². The quantitative estimate of drug-likeness (QED) is 0.904. The average Bonchev–Trinajstić information content (AvgIpc) is 2.79. The number of halogens is 1. The van der Waals surface area contributed by atoms with Crippen LogP contribution in [0.15, 0.2) is 30.7 Å². The number of carboxylic acid groups (broad SMARTS) is 1. The van der Waals surface area contributed by atoms with Crippen LogP contribution in [0.3, 0.4) is 0 Å². The molecule has 1 N–H and O–H groups in total. The molecule has 0 aliphatic carbocycles. The molecular weight excluding hydrogens is 235 g/mol. The molecular formula is C13H13FN2O2. The van der Waals surface area contributed by atoms with Crippen molar-refractivity contribution in [3.63, 3.8) is 0 Å². The molecule has 0 amide bonds. The SMILES string of the molecule is Cc1cc(-c2cn(CCC(=O)O)cn2)ccc1F. The van der Waals surface area contributed by atoms with Gasteiger partial charge in [0.25, 0.3) is 0 Å². The van der Waals surface area contributed by atoms with E-state index in [0.717, 1.165) is 5.56 Å². The molecule has 0 unspecified atom stereocenters. The zero-order valence-corrected chi connectivity index (χ0v) is 9.93. The van der Waals surface area contributed by atoms with Crippen molar-refractivity contribution in [1.82, 2.24) is 9.55 Å². The van der Waals surface area contributed by atoms with Gasteiger partial charge in [0, 0.05) is 18.3 Å². The van der Waals surface area contributed by atoms with Gasteiger partial charge in [0.2, 0.25) is 0 Å². The van der Waals surface area contributed by atoms with Crippen molar-refractivity contribution < 1.29 is 14.3 Å². The van der Waals surface area contributed by atoms with E-state index in [1.54, 1.807) is 36.1 Å². The Kier molecular flexibility index (Phi) is 3.41. The van der Waals surface area contributed by atoms with Gasteiger partial charge in [0.05, 0.1) is 18.4 Å². The van der Waals surface area contributed by atoms with Crippen LogP contribution in [-0.2, 0) is 11.3 Å². The molecule has 2 rings (SSSR count). The minimum Gasteiger partial charge on any atom is -0.481 e. The molecule has 1 aromatic carbocycles. The highest BCUT2D eigenvalue weighted by Gasteiger charge is 2.05. The van der Waals surface area contributed by atoms with Crippen LogP contribution in [0, 0.1) is 12.7 Å². The second-order valence-electron chi connectivity index (χ2n) is 4.10. The molecule has 2 aromatic rings. The Morgan fingerprint density at radius 3 is 2.94 bits per heavy atom. The van der Waals surface area contributed by atoms with Crippen LogP contribution in [0.25, 0.3) is 11.3 Å². The molecule has 0 atom stereocenters. The van der Waals surface area contributed by atoms with Crippen LogP contribution < -0.4 is 0 Å². The van der Waals surface area contributed by atoms with Gasteiger partial charge in [-0.15, -0.1) is 0 Å². The maximum Gasteiger partial charge on any atom is 0.305 e. The first-order valence-corrected chi connectivity index (χ1v) is 5.56. The number of hydrogen-bond donors (Lipinski definition) is 1. The molecule has 1 heterocycles. The average molecular weight is 248 g/mol. The summed E-state index contributed by atoms with van der Waals surface area (Å²) in [5.74, 6) is -1.09. The summed E-state index contributed by atoms with van der Waals surface area (Å²) in [6.45, 7) is 2.07. The highest BCUT2D eigenvalue weighted by Crippen LogP contribution is 2.20. The molecule has 0 saturated heterocycles. The molecule has 0 saturated carbocycles. The minimum atomic E-state index is -0.845. The monoisotopic (exact) mass is 248 g/mol. The fourth-order valence-electron chi connectivity index (χ4n) is 1.66. The van der Waals surface area contributed by atoms with Gasteiger partial charge in [-0.1, -0.05) is 0 Å².